The predicted molar refractivity (Wildman–Crippen MR) is 82.4 cm³/mol. The average Bonchev–Trinajstić information content (AvgIpc) is 2.54. The first-order valence-corrected chi connectivity index (χ1v) is 6.90. The predicted octanol–water partition coefficient (Wildman–Crippen LogP) is 3.63. The number of rotatable bonds is 1. The van der Waals surface area contributed by atoms with Crippen molar-refractivity contribution >= 4 is 16.6 Å². The lowest BCUT2D eigenvalue weighted by Gasteiger charge is -2.17. The molecule has 2 nitrogen and oxygen atoms in total. The third-order valence-electron chi connectivity index (χ3n) is 3.80. The van der Waals surface area contributed by atoms with Crippen LogP contribution in [0, 0.1) is 0 Å². The van der Waals surface area contributed by atoms with Gasteiger partial charge in [0.1, 0.15) is 0 Å². The second kappa shape index (κ2) is 4.57. The zero-order chi connectivity index (χ0) is 13.4. The van der Waals surface area contributed by atoms with E-state index >= 15 is 0 Å². The molecule has 0 saturated heterocycles. The number of aromatic nitrogens is 1. The first-order chi connectivity index (χ1) is 9.92. The minimum Gasteiger partial charge on any atom is -0.284 e. The first kappa shape index (κ1) is 11.4. The fraction of sp³-hybridized carbons (Fsp3) is 0.111. The second-order valence-corrected chi connectivity index (χ2v) is 5.05. The van der Waals surface area contributed by atoms with Gasteiger partial charge in [0.2, 0.25) is 0 Å². The van der Waals surface area contributed by atoms with Crippen molar-refractivity contribution < 1.29 is 0 Å². The molecule has 1 aliphatic rings. The Morgan fingerprint density at radius 2 is 1.85 bits per heavy atom. The molecule has 0 radical (unpaired) electrons. The molecule has 0 amide bonds. The molecule has 0 unspecified atom stereocenters. The molecule has 2 aromatic carbocycles. The molecule has 2 heterocycles. The van der Waals surface area contributed by atoms with Gasteiger partial charge >= 0.3 is 0 Å². The van der Waals surface area contributed by atoms with E-state index in [2.05, 4.69) is 53.5 Å². The molecule has 2 heteroatoms. The molecule has 4 rings (SSSR count). The second-order valence-electron chi connectivity index (χ2n) is 5.05. The Labute approximate surface area is 117 Å². The summed E-state index contributed by atoms with van der Waals surface area (Å²) in [7, 11) is 0. The van der Waals surface area contributed by atoms with Crippen LogP contribution in [0.15, 0.2) is 65.8 Å². The van der Waals surface area contributed by atoms with E-state index in [4.69, 9.17) is 4.99 Å². The highest BCUT2D eigenvalue weighted by Crippen LogP contribution is 2.22. The normalized spacial score (nSPS) is 13.9. The van der Waals surface area contributed by atoms with Crippen LogP contribution in [0.25, 0.3) is 10.9 Å². The molecule has 0 atom stereocenters. The maximum atomic E-state index is 4.74. The van der Waals surface area contributed by atoms with E-state index < -0.39 is 0 Å². The summed E-state index contributed by atoms with van der Waals surface area (Å²) in [5.41, 5.74) is 5.97. The summed E-state index contributed by atoms with van der Waals surface area (Å²) in [6.07, 6.45) is 2.87. The van der Waals surface area contributed by atoms with Crippen LogP contribution in [0.2, 0.25) is 0 Å². The van der Waals surface area contributed by atoms with E-state index in [-0.39, 0.29) is 0 Å². The maximum Gasteiger partial charge on any atom is 0.0722 e. The van der Waals surface area contributed by atoms with E-state index in [9.17, 15) is 0 Å². The van der Waals surface area contributed by atoms with Crippen molar-refractivity contribution in [2.24, 2.45) is 4.99 Å². The van der Waals surface area contributed by atoms with Crippen LogP contribution in [-0.2, 0) is 6.42 Å². The van der Waals surface area contributed by atoms with Crippen LogP contribution >= 0.6 is 0 Å². The molecule has 3 aromatic rings. The summed E-state index contributed by atoms with van der Waals surface area (Å²) in [6, 6.07) is 19.0. The van der Waals surface area contributed by atoms with Crippen LogP contribution in [0.5, 0.6) is 0 Å². The van der Waals surface area contributed by atoms with Crippen LogP contribution < -0.4 is 0 Å². The van der Waals surface area contributed by atoms with Crippen LogP contribution in [0.1, 0.15) is 16.7 Å². The van der Waals surface area contributed by atoms with Crippen molar-refractivity contribution in [1.29, 1.82) is 0 Å². The van der Waals surface area contributed by atoms with Gasteiger partial charge in [0, 0.05) is 29.3 Å². The molecule has 0 saturated carbocycles. The minimum atomic E-state index is 0.872. The number of pyridine rings is 1. The smallest absolute Gasteiger partial charge is 0.0722 e. The minimum absolute atomic E-state index is 0.872. The van der Waals surface area contributed by atoms with Gasteiger partial charge < -0.3 is 0 Å². The number of hydrogen-bond acceptors (Lipinski definition) is 2. The van der Waals surface area contributed by atoms with E-state index in [1.54, 1.807) is 0 Å². The van der Waals surface area contributed by atoms with E-state index in [1.807, 2.05) is 12.3 Å². The van der Waals surface area contributed by atoms with Crippen LogP contribution in [0.4, 0.5) is 0 Å². The van der Waals surface area contributed by atoms with Gasteiger partial charge in [-0.2, -0.15) is 0 Å². The zero-order valence-corrected chi connectivity index (χ0v) is 11.1. The SMILES string of the molecule is c1ccc2c(c1)CCN=C2c1ccc2ncccc2c1. The Kier molecular flexibility index (Phi) is 2.59. The molecule has 0 fully saturated rings. The summed E-state index contributed by atoms with van der Waals surface area (Å²) < 4.78 is 0. The number of aliphatic imine (C=N–C) groups is 1. The fourth-order valence-corrected chi connectivity index (χ4v) is 2.81. The van der Waals surface area contributed by atoms with Crippen molar-refractivity contribution in [3.63, 3.8) is 0 Å². The monoisotopic (exact) mass is 258 g/mol. The van der Waals surface area contributed by atoms with Gasteiger partial charge in [0.25, 0.3) is 0 Å². The molecule has 20 heavy (non-hydrogen) atoms. The lowest BCUT2D eigenvalue weighted by Crippen LogP contribution is -2.13. The van der Waals surface area contributed by atoms with E-state index in [0.717, 1.165) is 29.6 Å². The number of fused-ring (bicyclic) bond motifs is 2. The third kappa shape index (κ3) is 1.81. The van der Waals surface area contributed by atoms with Crippen molar-refractivity contribution in [1.82, 2.24) is 4.98 Å². The molecule has 0 N–H and O–H groups in total. The standard InChI is InChI=1S/C18H14N2/c1-2-6-16-13(4-1)9-11-20-18(16)15-7-8-17-14(12-15)5-3-10-19-17/h1-8,10,12H,9,11H2. The van der Waals surface area contributed by atoms with Gasteiger partial charge in [-0.15, -0.1) is 0 Å². The lowest BCUT2D eigenvalue weighted by molar-refractivity contribution is 0.944. The summed E-state index contributed by atoms with van der Waals surface area (Å²) in [4.78, 5) is 9.12. The zero-order valence-electron chi connectivity index (χ0n) is 11.1. The largest absolute Gasteiger partial charge is 0.284 e. The van der Waals surface area contributed by atoms with Gasteiger partial charge in [-0.25, -0.2) is 0 Å². The highest BCUT2D eigenvalue weighted by atomic mass is 14.7. The van der Waals surface area contributed by atoms with Gasteiger partial charge in [-0.05, 0) is 30.2 Å². The number of nitrogens with zero attached hydrogens (tertiary/aromatic N) is 2. The van der Waals surface area contributed by atoms with Gasteiger partial charge in [-0.1, -0.05) is 36.4 Å². The maximum absolute atomic E-state index is 4.74. The topological polar surface area (TPSA) is 25.2 Å². The van der Waals surface area contributed by atoms with Gasteiger partial charge in [0.05, 0.1) is 11.2 Å². The van der Waals surface area contributed by atoms with Gasteiger partial charge in [-0.3, -0.25) is 9.98 Å². The highest BCUT2D eigenvalue weighted by Gasteiger charge is 2.15. The van der Waals surface area contributed by atoms with Crippen molar-refractivity contribution in [3.8, 4) is 0 Å². The Balaban J connectivity index is 1.89. The van der Waals surface area contributed by atoms with Crippen molar-refractivity contribution in [2.45, 2.75) is 6.42 Å². The van der Waals surface area contributed by atoms with Crippen LogP contribution in [0.3, 0.4) is 0 Å². The molecule has 1 aliphatic heterocycles. The third-order valence-corrected chi connectivity index (χ3v) is 3.80. The molecule has 96 valence electrons. The highest BCUT2D eigenvalue weighted by molar-refractivity contribution is 6.15. The molecule has 0 bridgehead atoms. The van der Waals surface area contributed by atoms with Crippen LogP contribution in [-0.4, -0.2) is 17.2 Å². The van der Waals surface area contributed by atoms with E-state index in [1.165, 1.54) is 16.7 Å². The molecule has 1 aromatic heterocycles. The summed E-state index contributed by atoms with van der Waals surface area (Å²) in [5.74, 6) is 0. The van der Waals surface area contributed by atoms with Crippen molar-refractivity contribution in [2.75, 3.05) is 6.54 Å². The van der Waals surface area contributed by atoms with E-state index in [0.29, 0.717) is 0 Å². The summed E-state index contributed by atoms with van der Waals surface area (Å²) in [6.45, 7) is 0.872. The molecular formula is C18H14N2. The Morgan fingerprint density at radius 1 is 0.900 bits per heavy atom. The van der Waals surface area contributed by atoms with Crippen molar-refractivity contribution in [3.05, 3.63) is 77.5 Å². The summed E-state index contributed by atoms with van der Waals surface area (Å²) >= 11 is 0. The fourth-order valence-electron chi connectivity index (χ4n) is 2.81. The quantitative estimate of drug-likeness (QED) is 0.654. The summed E-state index contributed by atoms with van der Waals surface area (Å²) in [5, 5.41) is 1.16. The lowest BCUT2D eigenvalue weighted by atomic mass is 9.93. The first-order valence-electron chi connectivity index (χ1n) is 6.90. The molecular weight excluding hydrogens is 244 g/mol. The Hall–Kier alpha value is -2.48. The molecule has 0 aliphatic carbocycles. The Morgan fingerprint density at radius 3 is 2.85 bits per heavy atom. The average molecular weight is 258 g/mol. The molecule has 0 spiro atoms. The number of benzene rings is 2. The Bertz CT molecular complexity index is 818. The number of hydrogen-bond donors (Lipinski definition) is 0. The van der Waals surface area contributed by atoms with Gasteiger partial charge in [0.15, 0.2) is 0 Å².